The Kier molecular flexibility index (Phi) is 4.42. The Labute approximate surface area is 156 Å². The predicted octanol–water partition coefficient (Wildman–Crippen LogP) is 2.57. The fraction of sp³-hybridized carbons (Fsp3) is 0.200. The van der Waals surface area contributed by atoms with Gasteiger partial charge in [-0.3, -0.25) is 14.2 Å². The lowest BCUT2D eigenvalue weighted by Gasteiger charge is -2.17. The molecule has 2 amide bonds. The maximum Gasteiger partial charge on any atom is 0.229 e. The lowest BCUT2D eigenvalue weighted by molar-refractivity contribution is -0.122. The molecule has 1 unspecified atom stereocenters. The van der Waals surface area contributed by atoms with Crippen LogP contribution in [0.5, 0.6) is 0 Å². The number of imidazole rings is 1. The van der Waals surface area contributed by atoms with Gasteiger partial charge in [0.05, 0.1) is 17.8 Å². The van der Waals surface area contributed by atoms with Crippen molar-refractivity contribution in [1.82, 2.24) is 14.5 Å². The standard InChI is InChI=1S/C20H19N5O2/c1-14-2-5-17(6-3-14)25-12-15(10-19(25)26)20(27)23-16-4-7-18(22-11-16)24-9-8-21-13-24/h2-9,11,13,15H,10,12H2,1H3,(H,23,27). The minimum atomic E-state index is -0.382. The third-order valence-corrected chi connectivity index (χ3v) is 4.63. The summed E-state index contributed by atoms with van der Waals surface area (Å²) in [6.07, 6.45) is 6.94. The highest BCUT2D eigenvalue weighted by Crippen LogP contribution is 2.26. The molecule has 0 spiro atoms. The lowest BCUT2D eigenvalue weighted by atomic mass is 10.1. The summed E-state index contributed by atoms with van der Waals surface area (Å²) >= 11 is 0. The molecule has 1 saturated heterocycles. The van der Waals surface area contributed by atoms with Gasteiger partial charge in [0.2, 0.25) is 11.8 Å². The summed E-state index contributed by atoms with van der Waals surface area (Å²) in [5, 5.41) is 2.85. The first-order chi connectivity index (χ1) is 13.1. The molecule has 3 heterocycles. The highest BCUT2D eigenvalue weighted by Gasteiger charge is 2.35. The molecule has 4 rings (SSSR count). The molecule has 0 bridgehead atoms. The normalized spacial score (nSPS) is 16.6. The average Bonchev–Trinajstić information content (AvgIpc) is 3.33. The van der Waals surface area contributed by atoms with E-state index in [0.717, 1.165) is 11.3 Å². The lowest BCUT2D eigenvalue weighted by Crippen LogP contribution is -2.28. The summed E-state index contributed by atoms with van der Waals surface area (Å²) < 4.78 is 1.78. The summed E-state index contributed by atoms with van der Waals surface area (Å²) in [6.45, 7) is 2.38. The molecule has 1 fully saturated rings. The molecule has 3 aromatic rings. The smallest absolute Gasteiger partial charge is 0.229 e. The van der Waals surface area contributed by atoms with Crippen molar-refractivity contribution in [2.75, 3.05) is 16.8 Å². The van der Waals surface area contributed by atoms with E-state index in [4.69, 9.17) is 0 Å². The van der Waals surface area contributed by atoms with Crippen LogP contribution in [0.2, 0.25) is 0 Å². The van der Waals surface area contributed by atoms with E-state index in [0.29, 0.717) is 18.1 Å². The van der Waals surface area contributed by atoms with Crippen molar-refractivity contribution in [2.24, 2.45) is 5.92 Å². The van der Waals surface area contributed by atoms with E-state index >= 15 is 0 Å². The monoisotopic (exact) mass is 361 g/mol. The van der Waals surface area contributed by atoms with Gasteiger partial charge in [-0.2, -0.15) is 0 Å². The zero-order valence-corrected chi connectivity index (χ0v) is 14.9. The highest BCUT2D eigenvalue weighted by molar-refractivity contribution is 6.03. The minimum Gasteiger partial charge on any atom is -0.324 e. The van der Waals surface area contributed by atoms with Crippen LogP contribution in [0.4, 0.5) is 11.4 Å². The first-order valence-corrected chi connectivity index (χ1v) is 8.72. The molecule has 1 aliphatic heterocycles. The number of carbonyl (C=O) groups excluding carboxylic acids is 2. The fourth-order valence-corrected chi connectivity index (χ4v) is 3.11. The maximum absolute atomic E-state index is 12.6. The van der Waals surface area contributed by atoms with Gasteiger partial charge >= 0.3 is 0 Å². The first-order valence-electron chi connectivity index (χ1n) is 8.72. The van der Waals surface area contributed by atoms with Gasteiger partial charge in [-0.1, -0.05) is 17.7 Å². The van der Waals surface area contributed by atoms with Crippen LogP contribution in [0.15, 0.2) is 61.3 Å². The van der Waals surface area contributed by atoms with Gasteiger partial charge in [0.25, 0.3) is 0 Å². The number of aromatic nitrogens is 3. The quantitative estimate of drug-likeness (QED) is 0.774. The van der Waals surface area contributed by atoms with Gasteiger partial charge in [-0.15, -0.1) is 0 Å². The highest BCUT2D eigenvalue weighted by atomic mass is 16.2. The zero-order valence-electron chi connectivity index (χ0n) is 14.9. The van der Waals surface area contributed by atoms with Gasteiger partial charge in [-0.05, 0) is 31.2 Å². The van der Waals surface area contributed by atoms with Crippen LogP contribution >= 0.6 is 0 Å². The summed E-state index contributed by atoms with van der Waals surface area (Å²) in [5.74, 6) is 0.127. The second-order valence-corrected chi connectivity index (χ2v) is 6.61. The van der Waals surface area contributed by atoms with Crippen molar-refractivity contribution >= 4 is 23.2 Å². The molecule has 1 atom stereocenters. The van der Waals surface area contributed by atoms with Gasteiger partial charge in [0.15, 0.2) is 0 Å². The Morgan fingerprint density at radius 3 is 2.67 bits per heavy atom. The van der Waals surface area contributed by atoms with Crippen LogP contribution in [0, 0.1) is 12.8 Å². The fourth-order valence-electron chi connectivity index (χ4n) is 3.11. The molecule has 0 saturated carbocycles. The number of anilines is 2. The molecular formula is C20H19N5O2. The Morgan fingerprint density at radius 2 is 2.00 bits per heavy atom. The van der Waals surface area contributed by atoms with Gasteiger partial charge < -0.3 is 10.2 Å². The summed E-state index contributed by atoms with van der Waals surface area (Å²) in [6, 6.07) is 11.3. The largest absolute Gasteiger partial charge is 0.324 e. The zero-order chi connectivity index (χ0) is 18.8. The Hall–Kier alpha value is -3.48. The number of nitrogens with one attached hydrogen (secondary N) is 1. The molecule has 136 valence electrons. The molecule has 1 N–H and O–H groups in total. The van der Waals surface area contributed by atoms with Gasteiger partial charge in [0, 0.05) is 31.0 Å². The second kappa shape index (κ2) is 7.03. The summed E-state index contributed by atoms with van der Waals surface area (Å²) in [7, 11) is 0. The molecule has 1 aliphatic rings. The van der Waals surface area contributed by atoms with Crippen molar-refractivity contribution in [3.63, 3.8) is 0 Å². The number of hydrogen-bond acceptors (Lipinski definition) is 4. The summed E-state index contributed by atoms with van der Waals surface area (Å²) in [5.41, 5.74) is 2.56. The molecular weight excluding hydrogens is 342 g/mol. The van der Waals surface area contributed by atoms with E-state index in [1.165, 1.54) is 0 Å². The topological polar surface area (TPSA) is 80.1 Å². The Morgan fingerprint density at radius 1 is 1.19 bits per heavy atom. The van der Waals surface area contributed by atoms with Crippen LogP contribution < -0.4 is 10.2 Å². The third kappa shape index (κ3) is 3.57. The van der Waals surface area contributed by atoms with Crippen molar-refractivity contribution in [3.8, 4) is 5.82 Å². The molecule has 1 aromatic carbocycles. The number of carbonyl (C=O) groups is 2. The van der Waals surface area contributed by atoms with Crippen molar-refractivity contribution < 1.29 is 9.59 Å². The second-order valence-electron chi connectivity index (χ2n) is 6.61. The number of benzene rings is 1. The molecule has 2 aromatic heterocycles. The number of pyridine rings is 1. The van der Waals surface area contributed by atoms with Crippen molar-refractivity contribution in [2.45, 2.75) is 13.3 Å². The molecule has 0 radical (unpaired) electrons. The van der Waals surface area contributed by atoms with Crippen molar-refractivity contribution in [1.29, 1.82) is 0 Å². The number of nitrogens with zero attached hydrogens (tertiary/aromatic N) is 4. The van der Waals surface area contributed by atoms with Crippen LogP contribution in [-0.4, -0.2) is 32.9 Å². The predicted molar refractivity (Wildman–Crippen MR) is 102 cm³/mol. The number of rotatable bonds is 4. The van der Waals surface area contributed by atoms with Crippen LogP contribution in [0.3, 0.4) is 0 Å². The SMILES string of the molecule is Cc1ccc(N2CC(C(=O)Nc3ccc(-n4ccnc4)nc3)CC2=O)cc1. The third-order valence-electron chi connectivity index (χ3n) is 4.63. The van der Waals surface area contributed by atoms with Gasteiger partial charge in [-0.25, -0.2) is 9.97 Å². The Bertz CT molecular complexity index is 949. The molecule has 7 heteroatoms. The number of amides is 2. The maximum atomic E-state index is 12.6. The van der Waals surface area contributed by atoms with E-state index in [1.54, 1.807) is 46.5 Å². The van der Waals surface area contributed by atoms with E-state index in [-0.39, 0.29) is 24.2 Å². The molecule has 0 aliphatic carbocycles. The van der Waals surface area contributed by atoms with E-state index < -0.39 is 0 Å². The van der Waals surface area contributed by atoms with E-state index in [9.17, 15) is 9.59 Å². The number of aryl methyl sites for hydroxylation is 1. The van der Waals surface area contributed by atoms with E-state index in [2.05, 4.69) is 15.3 Å². The summed E-state index contributed by atoms with van der Waals surface area (Å²) in [4.78, 5) is 34.9. The van der Waals surface area contributed by atoms with Crippen molar-refractivity contribution in [3.05, 3.63) is 66.9 Å². The average molecular weight is 361 g/mol. The number of hydrogen-bond donors (Lipinski definition) is 1. The van der Waals surface area contributed by atoms with Crippen LogP contribution in [0.25, 0.3) is 5.82 Å². The van der Waals surface area contributed by atoms with Gasteiger partial charge in [0.1, 0.15) is 12.1 Å². The first kappa shape index (κ1) is 17.0. The molecule has 7 nitrogen and oxygen atoms in total. The Balaban J connectivity index is 1.41. The van der Waals surface area contributed by atoms with Crippen LogP contribution in [0.1, 0.15) is 12.0 Å². The minimum absolute atomic E-state index is 0.0346. The van der Waals surface area contributed by atoms with Crippen LogP contribution in [-0.2, 0) is 9.59 Å². The molecule has 27 heavy (non-hydrogen) atoms. The van der Waals surface area contributed by atoms with E-state index in [1.807, 2.05) is 31.2 Å².